The molecule has 1 aromatic rings. The van der Waals surface area contributed by atoms with Crippen LogP contribution in [0.2, 0.25) is 0 Å². The highest BCUT2D eigenvalue weighted by atomic mass is 19.1. The molecule has 6 heteroatoms. The SMILES string of the molecule is CCN(Cc1ccc(C(N)=NO)cc1F)CC1CCCO1. The average molecular weight is 295 g/mol. The summed E-state index contributed by atoms with van der Waals surface area (Å²) in [7, 11) is 0. The van der Waals surface area contributed by atoms with Gasteiger partial charge in [-0.15, -0.1) is 0 Å². The van der Waals surface area contributed by atoms with Crippen LogP contribution in [0.4, 0.5) is 4.39 Å². The first-order valence-corrected chi connectivity index (χ1v) is 7.24. The predicted molar refractivity (Wildman–Crippen MR) is 78.8 cm³/mol. The van der Waals surface area contributed by atoms with Crippen molar-refractivity contribution >= 4 is 5.84 Å². The molecule has 1 saturated heterocycles. The van der Waals surface area contributed by atoms with Gasteiger partial charge in [-0.25, -0.2) is 4.39 Å². The standard InChI is InChI=1S/C15H22FN3O2/c1-2-19(10-13-4-3-7-21-13)9-12-6-5-11(8-14(12)16)15(17)18-20/h5-6,8,13,20H,2-4,7,9-10H2,1H3,(H2,17,18). The van der Waals surface area contributed by atoms with E-state index in [4.69, 9.17) is 15.7 Å². The highest BCUT2D eigenvalue weighted by molar-refractivity contribution is 5.97. The summed E-state index contributed by atoms with van der Waals surface area (Å²) in [4.78, 5) is 2.16. The predicted octanol–water partition coefficient (Wildman–Crippen LogP) is 1.92. The molecular formula is C15H22FN3O2. The third-order valence-electron chi connectivity index (χ3n) is 3.78. The average Bonchev–Trinajstić information content (AvgIpc) is 3.00. The number of likely N-dealkylation sites (N-methyl/N-ethyl adjacent to an activating group) is 1. The summed E-state index contributed by atoms with van der Waals surface area (Å²) >= 11 is 0. The molecule has 116 valence electrons. The normalized spacial score (nSPS) is 19.4. The Morgan fingerprint density at radius 3 is 2.95 bits per heavy atom. The highest BCUT2D eigenvalue weighted by Crippen LogP contribution is 2.17. The van der Waals surface area contributed by atoms with Gasteiger partial charge < -0.3 is 15.7 Å². The van der Waals surface area contributed by atoms with Crippen molar-refractivity contribution in [2.45, 2.75) is 32.4 Å². The van der Waals surface area contributed by atoms with Gasteiger partial charge in [0.15, 0.2) is 5.84 Å². The Labute approximate surface area is 124 Å². The van der Waals surface area contributed by atoms with Crippen LogP contribution in [0, 0.1) is 5.82 Å². The van der Waals surface area contributed by atoms with Crippen molar-refractivity contribution in [3.63, 3.8) is 0 Å². The van der Waals surface area contributed by atoms with E-state index in [-0.39, 0.29) is 17.8 Å². The van der Waals surface area contributed by atoms with E-state index >= 15 is 0 Å². The molecule has 1 aliphatic heterocycles. The van der Waals surface area contributed by atoms with E-state index in [0.717, 1.165) is 32.5 Å². The Hall–Kier alpha value is -1.66. The highest BCUT2D eigenvalue weighted by Gasteiger charge is 2.19. The van der Waals surface area contributed by atoms with Gasteiger partial charge in [0.1, 0.15) is 5.82 Å². The molecule has 1 heterocycles. The molecule has 21 heavy (non-hydrogen) atoms. The number of halogens is 1. The Morgan fingerprint density at radius 1 is 1.57 bits per heavy atom. The quantitative estimate of drug-likeness (QED) is 0.364. The molecule has 1 aromatic carbocycles. The number of nitrogens with zero attached hydrogens (tertiary/aromatic N) is 2. The zero-order chi connectivity index (χ0) is 15.2. The molecule has 1 atom stereocenters. The molecule has 0 radical (unpaired) electrons. The topological polar surface area (TPSA) is 71.1 Å². The third kappa shape index (κ3) is 4.15. The van der Waals surface area contributed by atoms with Gasteiger partial charge >= 0.3 is 0 Å². The van der Waals surface area contributed by atoms with Crippen LogP contribution in [0.5, 0.6) is 0 Å². The fraction of sp³-hybridized carbons (Fsp3) is 0.533. The first-order chi connectivity index (χ1) is 10.1. The van der Waals surface area contributed by atoms with Crippen molar-refractivity contribution in [2.24, 2.45) is 10.9 Å². The first-order valence-electron chi connectivity index (χ1n) is 7.24. The maximum atomic E-state index is 14.1. The molecule has 2 rings (SSSR count). The van der Waals surface area contributed by atoms with Crippen molar-refractivity contribution in [3.05, 3.63) is 35.1 Å². The van der Waals surface area contributed by atoms with Gasteiger partial charge in [0.2, 0.25) is 0 Å². The fourth-order valence-corrected chi connectivity index (χ4v) is 2.52. The van der Waals surface area contributed by atoms with E-state index < -0.39 is 0 Å². The minimum atomic E-state index is -0.343. The lowest BCUT2D eigenvalue weighted by molar-refractivity contribution is 0.0721. The minimum absolute atomic E-state index is 0.0906. The fourth-order valence-electron chi connectivity index (χ4n) is 2.52. The number of rotatable bonds is 6. The maximum absolute atomic E-state index is 14.1. The van der Waals surface area contributed by atoms with Gasteiger partial charge in [-0.05, 0) is 25.5 Å². The Kier molecular flexibility index (Phi) is 5.52. The minimum Gasteiger partial charge on any atom is -0.409 e. The number of hydrogen-bond donors (Lipinski definition) is 2. The van der Waals surface area contributed by atoms with Gasteiger partial charge in [0, 0.05) is 30.8 Å². The van der Waals surface area contributed by atoms with Crippen LogP contribution in [-0.2, 0) is 11.3 Å². The molecular weight excluding hydrogens is 273 g/mol. The lowest BCUT2D eigenvalue weighted by Gasteiger charge is -2.24. The monoisotopic (exact) mass is 295 g/mol. The van der Waals surface area contributed by atoms with E-state index in [1.54, 1.807) is 12.1 Å². The van der Waals surface area contributed by atoms with Crippen LogP contribution >= 0.6 is 0 Å². The van der Waals surface area contributed by atoms with Gasteiger partial charge in [-0.3, -0.25) is 4.90 Å². The number of hydrogen-bond acceptors (Lipinski definition) is 4. The Balaban J connectivity index is 2.03. The van der Waals surface area contributed by atoms with Crippen molar-refractivity contribution in [1.82, 2.24) is 4.90 Å². The maximum Gasteiger partial charge on any atom is 0.170 e. The molecule has 0 amide bonds. The van der Waals surface area contributed by atoms with Crippen molar-refractivity contribution in [2.75, 3.05) is 19.7 Å². The van der Waals surface area contributed by atoms with E-state index in [0.29, 0.717) is 17.7 Å². The second-order valence-electron chi connectivity index (χ2n) is 5.25. The molecule has 1 aliphatic rings. The molecule has 0 aromatic heterocycles. The van der Waals surface area contributed by atoms with Crippen LogP contribution < -0.4 is 5.73 Å². The summed E-state index contributed by atoms with van der Waals surface area (Å²) in [6.07, 6.45) is 2.43. The van der Waals surface area contributed by atoms with Gasteiger partial charge in [0.25, 0.3) is 0 Å². The summed E-state index contributed by atoms with van der Waals surface area (Å²) in [5.41, 5.74) is 6.43. The van der Waals surface area contributed by atoms with Crippen LogP contribution in [-0.4, -0.2) is 41.7 Å². The number of ether oxygens (including phenoxy) is 1. The van der Waals surface area contributed by atoms with Gasteiger partial charge in [-0.1, -0.05) is 24.2 Å². The molecule has 1 fully saturated rings. The zero-order valence-electron chi connectivity index (χ0n) is 12.3. The number of nitrogens with two attached hydrogens (primary N) is 1. The molecule has 0 aliphatic carbocycles. The molecule has 0 saturated carbocycles. The van der Waals surface area contributed by atoms with E-state index in [1.165, 1.54) is 6.07 Å². The smallest absolute Gasteiger partial charge is 0.170 e. The van der Waals surface area contributed by atoms with Crippen LogP contribution in [0.3, 0.4) is 0 Å². The molecule has 0 spiro atoms. The largest absolute Gasteiger partial charge is 0.409 e. The number of amidine groups is 1. The van der Waals surface area contributed by atoms with Crippen molar-refractivity contribution in [1.29, 1.82) is 0 Å². The second kappa shape index (κ2) is 7.38. The summed E-state index contributed by atoms with van der Waals surface area (Å²) < 4.78 is 19.7. The van der Waals surface area contributed by atoms with Crippen molar-refractivity contribution < 1.29 is 14.3 Å². The molecule has 3 N–H and O–H groups in total. The third-order valence-corrected chi connectivity index (χ3v) is 3.78. The van der Waals surface area contributed by atoms with E-state index in [9.17, 15) is 4.39 Å². The van der Waals surface area contributed by atoms with Gasteiger partial charge in [-0.2, -0.15) is 0 Å². The number of oxime groups is 1. The lowest BCUT2D eigenvalue weighted by atomic mass is 10.1. The van der Waals surface area contributed by atoms with E-state index in [2.05, 4.69) is 17.0 Å². The van der Waals surface area contributed by atoms with Crippen molar-refractivity contribution in [3.8, 4) is 0 Å². The second-order valence-corrected chi connectivity index (χ2v) is 5.25. The zero-order valence-corrected chi connectivity index (χ0v) is 12.3. The first kappa shape index (κ1) is 15.7. The summed E-state index contributed by atoms with van der Waals surface area (Å²) in [5.74, 6) is -0.433. The Morgan fingerprint density at radius 2 is 2.38 bits per heavy atom. The molecule has 1 unspecified atom stereocenters. The molecule has 0 bridgehead atoms. The number of benzene rings is 1. The summed E-state index contributed by atoms with van der Waals surface area (Å²) in [6, 6.07) is 4.64. The van der Waals surface area contributed by atoms with Crippen LogP contribution in [0.25, 0.3) is 0 Å². The van der Waals surface area contributed by atoms with E-state index in [1.807, 2.05) is 0 Å². The van der Waals surface area contributed by atoms with Gasteiger partial charge in [0.05, 0.1) is 6.10 Å². The van der Waals surface area contributed by atoms with Crippen LogP contribution in [0.15, 0.2) is 23.4 Å². The summed E-state index contributed by atoms with van der Waals surface area (Å²) in [5, 5.41) is 11.5. The van der Waals surface area contributed by atoms with Crippen LogP contribution in [0.1, 0.15) is 30.9 Å². The molecule has 5 nitrogen and oxygen atoms in total. The Bertz CT molecular complexity index is 502. The lowest BCUT2D eigenvalue weighted by Crippen LogP contribution is -2.32. The summed E-state index contributed by atoms with van der Waals surface area (Å²) in [6.45, 7) is 5.06.